The van der Waals surface area contributed by atoms with Crippen LogP contribution in [-0.2, 0) is 15.9 Å². The molecule has 0 N–H and O–H groups in total. The predicted molar refractivity (Wildman–Crippen MR) is 87.5 cm³/mol. The molecule has 0 amide bonds. The van der Waals surface area contributed by atoms with Gasteiger partial charge in [-0.3, -0.25) is 0 Å². The van der Waals surface area contributed by atoms with E-state index in [0.717, 1.165) is 24.8 Å². The van der Waals surface area contributed by atoms with Crippen LogP contribution >= 0.6 is 23.2 Å². The van der Waals surface area contributed by atoms with E-state index < -0.39 is 10.0 Å². The van der Waals surface area contributed by atoms with Crippen molar-refractivity contribution < 1.29 is 8.42 Å². The molecule has 1 aliphatic rings. The van der Waals surface area contributed by atoms with Gasteiger partial charge in [0, 0.05) is 24.0 Å². The van der Waals surface area contributed by atoms with E-state index in [1.807, 2.05) is 0 Å². The summed E-state index contributed by atoms with van der Waals surface area (Å²) in [5.74, 6) is 0.829. The topological polar surface area (TPSA) is 37.4 Å². The van der Waals surface area contributed by atoms with Crippen molar-refractivity contribution in [3.63, 3.8) is 0 Å². The minimum absolute atomic E-state index is 0.256. The van der Waals surface area contributed by atoms with Crippen LogP contribution in [-0.4, -0.2) is 25.8 Å². The molecule has 1 heterocycles. The van der Waals surface area contributed by atoms with Crippen molar-refractivity contribution in [1.29, 1.82) is 0 Å². The Morgan fingerprint density at radius 2 is 2.00 bits per heavy atom. The van der Waals surface area contributed by atoms with E-state index in [9.17, 15) is 8.42 Å². The van der Waals surface area contributed by atoms with Crippen LogP contribution in [0.4, 0.5) is 0 Å². The summed E-state index contributed by atoms with van der Waals surface area (Å²) in [4.78, 5) is 0.292. The standard InChI is InChI=1S/C15H21Cl2NO2S/c1-11-4-3-6-18(7-5-11)21(19,20)15-9-14(17)8-13(10-16)12(15)2/h8-9,11H,3-7,10H2,1-2H3. The van der Waals surface area contributed by atoms with Gasteiger partial charge in [-0.25, -0.2) is 8.42 Å². The Bertz CT molecular complexity index is 616. The fourth-order valence-corrected chi connectivity index (χ4v) is 5.10. The molecular formula is C15H21Cl2NO2S. The Kier molecular flexibility index (Phi) is 5.58. The number of nitrogens with zero attached hydrogens (tertiary/aromatic N) is 1. The molecule has 0 radical (unpaired) electrons. The normalized spacial score (nSPS) is 21.2. The lowest BCUT2D eigenvalue weighted by atomic mass is 10.0. The SMILES string of the molecule is Cc1c(CCl)cc(Cl)cc1S(=O)(=O)N1CCCC(C)CC1. The van der Waals surface area contributed by atoms with Crippen molar-refractivity contribution in [2.24, 2.45) is 5.92 Å². The second-order valence-electron chi connectivity index (χ2n) is 5.76. The van der Waals surface area contributed by atoms with Crippen molar-refractivity contribution in [1.82, 2.24) is 4.31 Å². The van der Waals surface area contributed by atoms with Crippen molar-refractivity contribution in [2.75, 3.05) is 13.1 Å². The Morgan fingerprint density at radius 3 is 2.67 bits per heavy atom. The number of alkyl halides is 1. The van der Waals surface area contributed by atoms with Crippen LogP contribution in [0.2, 0.25) is 5.02 Å². The maximum absolute atomic E-state index is 12.9. The lowest BCUT2D eigenvalue weighted by Gasteiger charge is -2.22. The summed E-state index contributed by atoms with van der Waals surface area (Å²) in [5.41, 5.74) is 1.47. The van der Waals surface area contributed by atoms with E-state index in [-0.39, 0.29) is 5.88 Å². The molecule has 118 valence electrons. The zero-order chi connectivity index (χ0) is 15.6. The van der Waals surface area contributed by atoms with Crippen LogP contribution in [0.15, 0.2) is 17.0 Å². The summed E-state index contributed by atoms with van der Waals surface area (Å²) in [5, 5.41) is 0.415. The first kappa shape index (κ1) is 17.1. The minimum Gasteiger partial charge on any atom is -0.207 e. The minimum atomic E-state index is -3.50. The van der Waals surface area contributed by atoms with Crippen molar-refractivity contribution in [2.45, 2.75) is 43.9 Å². The van der Waals surface area contributed by atoms with Crippen LogP contribution in [0, 0.1) is 12.8 Å². The first-order chi connectivity index (χ1) is 9.86. The molecular weight excluding hydrogens is 329 g/mol. The summed E-state index contributed by atoms with van der Waals surface area (Å²) < 4.78 is 27.4. The summed E-state index contributed by atoms with van der Waals surface area (Å²) in [6.45, 7) is 5.12. The maximum Gasteiger partial charge on any atom is 0.243 e. The second-order valence-corrected chi connectivity index (χ2v) is 8.37. The monoisotopic (exact) mass is 349 g/mol. The van der Waals surface area contributed by atoms with Crippen LogP contribution in [0.3, 0.4) is 0 Å². The van der Waals surface area contributed by atoms with Gasteiger partial charge >= 0.3 is 0 Å². The second kappa shape index (κ2) is 6.86. The molecule has 1 saturated heterocycles. The van der Waals surface area contributed by atoms with Crippen LogP contribution in [0.1, 0.15) is 37.3 Å². The Morgan fingerprint density at radius 1 is 1.29 bits per heavy atom. The quantitative estimate of drug-likeness (QED) is 0.767. The molecule has 1 aliphatic heterocycles. The smallest absolute Gasteiger partial charge is 0.207 e. The van der Waals surface area contributed by atoms with Gasteiger partial charge in [0.2, 0.25) is 10.0 Å². The van der Waals surface area contributed by atoms with E-state index in [1.54, 1.807) is 17.3 Å². The third-order valence-electron chi connectivity index (χ3n) is 4.17. The van der Waals surface area contributed by atoms with E-state index in [4.69, 9.17) is 23.2 Å². The van der Waals surface area contributed by atoms with Gasteiger partial charge in [0.15, 0.2) is 0 Å². The van der Waals surface area contributed by atoms with E-state index >= 15 is 0 Å². The number of hydrogen-bond donors (Lipinski definition) is 0. The molecule has 0 spiro atoms. The third kappa shape index (κ3) is 3.73. The summed E-state index contributed by atoms with van der Waals surface area (Å²) in [6, 6.07) is 3.27. The average molecular weight is 350 g/mol. The first-order valence-electron chi connectivity index (χ1n) is 7.21. The zero-order valence-corrected chi connectivity index (χ0v) is 14.7. The molecule has 1 aromatic carbocycles. The largest absolute Gasteiger partial charge is 0.243 e. The van der Waals surface area contributed by atoms with Crippen LogP contribution in [0.5, 0.6) is 0 Å². The highest BCUT2D eigenvalue weighted by molar-refractivity contribution is 7.89. The van der Waals surface area contributed by atoms with Gasteiger partial charge < -0.3 is 0 Å². The van der Waals surface area contributed by atoms with Gasteiger partial charge in [-0.2, -0.15) is 4.31 Å². The molecule has 1 atom stereocenters. The molecule has 1 unspecified atom stereocenters. The van der Waals surface area contributed by atoms with E-state index in [1.165, 1.54) is 6.07 Å². The lowest BCUT2D eigenvalue weighted by Crippen LogP contribution is -2.32. The number of sulfonamides is 1. The molecule has 0 saturated carbocycles. The number of rotatable bonds is 3. The summed E-state index contributed by atoms with van der Waals surface area (Å²) in [7, 11) is -3.50. The Labute approximate surface area is 137 Å². The van der Waals surface area contributed by atoms with Gasteiger partial charge in [0.25, 0.3) is 0 Å². The van der Waals surface area contributed by atoms with Crippen molar-refractivity contribution >= 4 is 33.2 Å². The fraction of sp³-hybridized carbons (Fsp3) is 0.600. The summed E-state index contributed by atoms with van der Waals surface area (Å²) in [6.07, 6.45) is 2.89. The number of hydrogen-bond acceptors (Lipinski definition) is 2. The molecule has 0 aromatic heterocycles. The molecule has 3 nitrogen and oxygen atoms in total. The van der Waals surface area contributed by atoms with Crippen molar-refractivity contribution in [3.05, 3.63) is 28.3 Å². The summed E-state index contributed by atoms with van der Waals surface area (Å²) >= 11 is 11.9. The molecule has 0 bridgehead atoms. The van der Waals surface area contributed by atoms with E-state index in [0.29, 0.717) is 34.5 Å². The third-order valence-corrected chi connectivity index (χ3v) is 6.70. The average Bonchev–Trinajstić information content (AvgIpc) is 2.66. The molecule has 0 aliphatic carbocycles. The molecule has 21 heavy (non-hydrogen) atoms. The van der Waals surface area contributed by atoms with Crippen LogP contribution < -0.4 is 0 Å². The zero-order valence-electron chi connectivity index (χ0n) is 12.4. The molecule has 6 heteroatoms. The highest BCUT2D eigenvalue weighted by Gasteiger charge is 2.28. The maximum atomic E-state index is 12.9. The highest BCUT2D eigenvalue weighted by atomic mass is 35.5. The van der Waals surface area contributed by atoms with Crippen molar-refractivity contribution in [3.8, 4) is 0 Å². The number of halogens is 2. The van der Waals surface area contributed by atoms with Crippen LogP contribution in [0.25, 0.3) is 0 Å². The number of benzene rings is 1. The molecule has 1 aromatic rings. The van der Waals surface area contributed by atoms with E-state index in [2.05, 4.69) is 6.92 Å². The molecule has 2 rings (SSSR count). The van der Waals surface area contributed by atoms with Gasteiger partial charge in [0.05, 0.1) is 4.90 Å². The van der Waals surface area contributed by atoms with Gasteiger partial charge in [-0.05, 0) is 55.4 Å². The Balaban J connectivity index is 2.42. The van der Waals surface area contributed by atoms with Gasteiger partial charge in [-0.1, -0.05) is 18.5 Å². The fourth-order valence-electron chi connectivity index (χ4n) is 2.73. The van der Waals surface area contributed by atoms with Gasteiger partial charge in [-0.15, -0.1) is 11.6 Å². The molecule has 1 fully saturated rings. The predicted octanol–water partition coefficient (Wildman–Crippen LogP) is 4.20. The van der Waals surface area contributed by atoms with Gasteiger partial charge in [0.1, 0.15) is 0 Å². The lowest BCUT2D eigenvalue weighted by molar-refractivity contribution is 0.416. The highest BCUT2D eigenvalue weighted by Crippen LogP contribution is 2.29. The Hall–Kier alpha value is -0.290. The first-order valence-corrected chi connectivity index (χ1v) is 9.56.